The molecule has 47 heavy (non-hydrogen) atoms. The zero-order valence-electron chi connectivity index (χ0n) is 28.8. The molecule has 2 aromatic heterocycles. The summed E-state index contributed by atoms with van der Waals surface area (Å²) in [5.41, 5.74) is 10.0. The van der Waals surface area contributed by atoms with Gasteiger partial charge in [0.05, 0.1) is 18.9 Å². The van der Waals surface area contributed by atoms with Crippen LogP contribution >= 0.6 is 0 Å². The fourth-order valence-corrected chi connectivity index (χ4v) is 6.22. The smallest absolute Gasteiger partial charge is 0.306 e. The van der Waals surface area contributed by atoms with Gasteiger partial charge in [0.1, 0.15) is 0 Å². The largest absolute Gasteiger partial charge is 0.466 e. The normalized spacial score (nSPS) is 16.6. The lowest BCUT2D eigenvalue weighted by Gasteiger charge is -2.05. The molecule has 4 heterocycles. The van der Waals surface area contributed by atoms with E-state index in [0.29, 0.717) is 55.8 Å². The highest BCUT2D eigenvalue weighted by atomic mass is 16.5. The summed E-state index contributed by atoms with van der Waals surface area (Å²) in [7, 11) is 0. The molecule has 0 unspecified atom stereocenters. The predicted molar refractivity (Wildman–Crippen MR) is 183 cm³/mol. The van der Waals surface area contributed by atoms with Gasteiger partial charge in [-0.3, -0.25) is 19.2 Å². The van der Waals surface area contributed by atoms with E-state index in [9.17, 15) is 19.2 Å². The topological polar surface area (TPSA) is 143 Å². The summed E-state index contributed by atoms with van der Waals surface area (Å²) in [5, 5.41) is 4.56. The molecule has 2 aromatic rings. The van der Waals surface area contributed by atoms with Crippen molar-refractivity contribution in [2.75, 3.05) is 13.2 Å². The molecule has 0 aliphatic carbocycles. The van der Waals surface area contributed by atoms with Gasteiger partial charge in [0.2, 0.25) is 0 Å². The van der Waals surface area contributed by atoms with E-state index in [1.165, 1.54) is 0 Å². The van der Waals surface area contributed by atoms with Crippen LogP contribution in [0.5, 0.6) is 0 Å². The van der Waals surface area contributed by atoms with Crippen LogP contribution in [0.4, 0.5) is 0 Å². The minimum absolute atomic E-state index is 0.104. The van der Waals surface area contributed by atoms with E-state index in [-0.39, 0.29) is 36.6 Å². The number of H-pyrrole nitrogens is 2. The van der Waals surface area contributed by atoms with Crippen molar-refractivity contribution in [2.24, 2.45) is 4.99 Å². The Morgan fingerprint density at radius 2 is 1.32 bits per heavy atom. The molecule has 0 bridgehead atoms. The molecule has 0 saturated carbocycles. The van der Waals surface area contributed by atoms with E-state index in [1.54, 1.807) is 13.8 Å². The first kappa shape index (κ1) is 35.1. The van der Waals surface area contributed by atoms with Gasteiger partial charge in [-0.1, -0.05) is 13.8 Å². The first-order chi connectivity index (χ1) is 22.4. The summed E-state index contributed by atoms with van der Waals surface area (Å²) >= 11 is 0. The highest BCUT2D eigenvalue weighted by Crippen LogP contribution is 2.28. The number of carbonyl (C=O) groups is 4. The molecular weight excluding hydrogens is 596 g/mol. The van der Waals surface area contributed by atoms with Crippen molar-refractivity contribution in [1.29, 1.82) is 0 Å². The van der Waals surface area contributed by atoms with Gasteiger partial charge in [-0.25, -0.2) is 4.99 Å². The van der Waals surface area contributed by atoms with Gasteiger partial charge in [0, 0.05) is 51.8 Å². The van der Waals surface area contributed by atoms with E-state index in [1.807, 2.05) is 59.8 Å². The molecule has 10 heteroatoms. The average Bonchev–Trinajstić information content (AvgIpc) is 3.67. The number of carbonyl (C=O) groups excluding carboxylic acids is 4. The number of ether oxygens (including phenoxy) is 2. The predicted octanol–water partition coefficient (Wildman–Crippen LogP) is 4.47. The van der Waals surface area contributed by atoms with Crippen LogP contribution in [0, 0.1) is 13.8 Å². The molecule has 2 aliphatic rings. The van der Waals surface area contributed by atoms with Gasteiger partial charge >= 0.3 is 11.9 Å². The molecule has 4 rings (SSSR count). The van der Waals surface area contributed by atoms with E-state index in [4.69, 9.17) is 9.47 Å². The molecule has 0 fully saturated rings. The van der Waals surface area contributed by atoms with Crippen LogP contribution in [-0.2, 0) is 41.5 Å². The van der Waals surface area contributed by atoms with Crippen LogP contribution in [0.1, 0.15) is 101 Å². The van der Waals surface area contributed by atoms with Crippen LogP contribution < -0.4 is 16.0 Å². The third-order valence-corrected chi connectivity index (χ3v) is 8.92. The summed E-state index contributed by atoms with van der Waals surface area (Å²) in [6.07, 6.45) is 8.44. The highest BCUT2D eigenvalue weighted by molar-refractivity contribution is 6.30. The molecule has 0 spiro atoms. The van der Waals surface area contributed by atoms with E-state index in [0.717, 1.165) is 61.2 Å². The molecule has 10 nitrogen and oxygen atoms in total. The summed E-state index contributed by atoms with van der Waals surface area (Å²) < 4.78 is 10.4. The highest BCUT2D eigenvalue weighted by Gasteiger charge is 2.24. The molecule has 2 amide bonds. The molecule has 0 saturated heterocycles. The summed E-state index contributed by atoms with van der Waals surface area (Å²) in [6.45, 7) is 15.9. The first-order valence-corrected chi connectivity index (χ1v) is 16.4. The Bertz CT molecular complexity index is 1860. The van der Waals surface area contributed by atoms with Crippen LogP contribution in [0.25, 0.3) is 18.2 Å². The van der Waals surface area contributed by atoms with Crippen molar-refractivity contribution in [3.63, 3.8) is 0 Å². The van der Waals surface area contributed by atoms with Gasteiger partial charge < -0.3 is 24.8 Å². The summed E-state index contributed by atoms with van der Waals surface area (Å²) in [5.74, 6) is -0.874. The SMILES string of the molecule is CCOC(=O)CCc1c(/C=c2\[nH]/c(=C\C3=NC(=O)C(CC)=C3C)c(C)c2CCC(=O)OCC)[nH]c(/C=C2\NC(=O)C(C)=C2CC)c1C. The lowest BCUT2D eigenvalue weighted by Crippen LogP contribution is -2.15. The number of nitrogens with zero attached hydrogens (tertiary/aromatic N) is 1. The van der Waals surface area contributed by atoms with Crippen molar-refractivity contribution in [3.8, 4) is 0 Å². The van der Waals surface area contributed by atoms with Gasteiger partial charge in [-0.15, -0.1) is 0 Å². The van der Waals surface area contributed by atoms with E-state index >= 15 is 0 Å². The minimum Gasteiger partial charge on any atom is -0.466 e. The van der Waals surface area contributed by atoms with Gasteiger partial charge in [0.15, 0.2) is 0 Å². The fourth-order valence-electron chi connectivity index (χ4n) is 6.22. The Kier molecular flexibility index (Phi) is 11.4. The fraction of sp³-hybridized carbons (Fsp3) is 0.432. The molecule has 0 aromatic carbocycles. The number of esters is 2. The monoisotopic (exact) mass is 642 g/mol. The van der Waals surface area contributed by atoms with Gasteiger partial charge in [-0.2, -0.15) is 0 Å². The maximum atomic E-state index is 12.5. The third kappa shape index (κ3) is 7.64. The second-order valence-electron chi connectivity index (χ2n) is 11.7. The maximum Gasteiger partial charge on any atom is 0.306 e. The third-order valence-electron chi connectivity index (χ3n) is 8.92. The second kappa shape index (κ2) is 15.2. The zero-order valence-corrected chi connectivity index (χ0v) is 28.8. The van der Waals surface area contributed by atoms with E-state index < -0.39 is 0 Å². The molecule has 3 N–H and O–H groups in total. The number of aliphatic imine (C=N–C) groups is 1. The van der Waals surface area contributed by atoms with Crippen LogP contribution in [0.3, 0.4) is 0 Å². The quantitative estimate of drug-likeness (QED) is 0.275. The number of allylic oxidation sites excluding steroid dienone is 2. The standard InChI is InChI=1S/C37H46N4O6/c1-9-24-23(8)36(44)41-31(24)18-29-22(7)27(14-16-35(43)47-12-4)33(39-29)19-32-26(13-15-34(42)46-11-3)21(6)28(38-32)17-30-20(5)25(10-2)37(45)40-30/h17-19,38-39H,9-16H2,1-8H3,(H,41,44)/b28-17-,31-18-,32-19-. The van der Waals surface area contributed by atoms with Gasteiger partial charge in [-0.05, 0) is 119 Å². The maximum absolute atomic E-state index is 12.5. The molecule has 2 aliphatic heterocycles. The van der Waals surface area contributed by atoms with Gasteiger partial charge in [0.25, 0.3) is 11.8 Å². The Hall–Kier alpha value is -4.73. The summed E-state index contributed by atoms with van der Waals surface area (Å²) in [6, 6.07) is 0. The Morgan fingerprint density at radius 3 is 1.89 bits per heavy atom. The molecule has 0 atom stereocenters. The number of nitrogens with one attached hydrogen (secondary N) is 3. The second-order valence-corrected chi connectivity index (χ2v) is 11.7. The van der Waals surface area contributed by atoms with Crippen molar-refractivity contribution in [2.45, 2.75) is 93.9 Å². The number of rotatable bonds is 13. The average molecular weight is 643 g/mol. The molecule has 250 valence electrons. The number of hydrogen-bond donors (Lipinski definition) is 3. The van der Waals surface area contributed by atoms with Crippen LogP contribution in [0.15, 0.2) is 33.0 Å². The number of aromatic amines is 2. The number of hydrogen-bond acceptors (Lipinski definition) is 6. The molecule has 0 radical (unpaired) electrons. The van der Waals surface area contributed by atoms with Crippen molar-refractivity contribution >= 4 is 47.7 Å². The lowest BCUT2D eigenvalue weighted by molar-refractivity contribution is -0.144. The first-order valence-electron chi connectivity index (χ1n) is 16.4. The van der Waals surface area contributed by atoms with Crippen molar-refractivity contribution in [3.05, 3.63) is 72.3 Å². The Labute approximate surface area is 275 Å². The Morgan fingerprint density at radius 1 is 0.702 bits per heavy atom. The zero-order chi connectivity index (χ0) is 34.4. The van der Waals surface area contributed by atoms with Crippen molar-refractivity contribution in [1.82, 2.24) is 15.3 Å². The number of amides is 2. The minimum atomic E-state index is -0.282. The van der Waals surface area contributed by atoms with Crippen LogP contribution in [0.2, 0.25) is 0 Å². The number of aromatic nitrogens is 2. The Balaban J connectivity index is 1.90. The summed E-state index contributed by atoms with van der Waals surface area (Å²) in [4.78, 5) is 61.1. The lowest BCUT2D eigenvalue weighted by atomic mass is 10.0. The van der Waals surface area contributed by atoms with E-state index in [2.05, 4.69) is 20.3 Å². The molecular formula is C37H46N4O6. The van der Waals surface area contributed by atoms with Crippen molar-refractivity contribution < 1.29 is 28.7 Å². The van der Waals surface area contributed by atoms with Crippen LogP contribution in [-0.4, -0.2) is 52.6 Å².